The van der Waals surface area contributed by atoms with Crippen LogP contribution in [0, 0.1) is 5.92 Å². The number of hydrogen-bond donors (Lipinski definition) is 0. The summed E-state index contributed by atoms with van der Waals surface area (Å²) in [5, 5.41) is 4.07. The maximum Gasteiger partial charge on any atom is 0.349 e. The first-order valence-electron chi connectivity index (χ1n) is 6.96. The fraction of sp³-hybridized carbons (Fsp3) is 0.500. The van der Waals surface area contributed by atoms with Crippen LogP contribution in [0.1, 0.15) is 19.8 Å². The predicted octanol–water partition coefficient (Wildman–Crippen LogP) is 0.754. The molecule has 0 saturated carbocycles. The van der Waals surface area contributed by atoms with Gasteiger partial charge >= 0.3 is 5.69 Å². The van der Waals surface area contributed by atoms with Crippen molar-refractivity contribution in [3.05, 3.63) is 35.0 Å². The third-order valence-corrected chi connectivity index (χ3v) is 3.83. The van der Waals surface area contributed by atoms with Crippen LogP contribution in [0.15, 0.2) is 29.3 Å². The number of carbonyl (C=O) groups excluding carboxylic acids is 1. The maximum absolute atomic E-state index is 12.3. The summed E-state index contributed by atoms with van der Waals surface area (Å²) < 4.78 is 2.73. The summed E-state index contributed by atoms with van der Waals surface area (Å²) in [5.74, 6) is 0.502. The molecule has 0 radical (unpaired) electrons. The molecule has 2 aromatic rings. The topological polar surface area (TPSA) is 59.6 Å². The number of rotatable bonds is 2. The molecule has 106 valence electrons. The quantitative estimate of drug-likeness (QED) is 0.812. The molecule has 0 aromatic carbocycles. The van der Waals surface area contributed by atoms with Crippen molar-refractivity contribution in [2.75, 3.05) is 13.1 Å². The van der Waals surface area contributed by atoms with Crippen LogP contribution in [-0.2, 0) is 11.3 Å². The number of fused-ring (bicyclic) bond motifs is 1. The largest absolute Gasteiger partial charge is 0.349 e. The molecule has 2 aromatic heterocycles. The van der Waals surface area contributed by atoms with E-state index < -0.39 is 0 Å². The number of piperidine rings is 1. The summed E-state index contributed by atoms with van der Waals surface area (Å²) in [6.45, 7) is 3.72. The first-order valence-corrected chi connectivity index (χ1v) is 6.96. The molecule has 6 heteroatoms. The molecule has 6 nitrogen and oxygen atoms in total. The van der Waals surface area contributed by atoms with E-state index in [-0.39, 0.29) is 18.1 Å². The molecule has 1 aliphatic rings. The molecule has 1 atom stereocenters. The zero-order valence-electron chi connectivity index (χ0n) is 11.5. The monoisotopic (exact) mass is 274 g/mol. The second kappa shape index (κ2) is 5.11. The number of aromatic nitrogens is 3. The molecule has 20 heavy (non-hydrogen) atoms. The van der Waals surface area contributed by atoms with Gasteiger partial charge in [-0.05, 0) is 30.9 Å². The summed E-state index contributed by atoms with van der Waals surface area (Å²) in [6, 6.07) is 3.60. The van der Waals surface area contributed by atoms with Crippen LogP contribution in [0.2, 0.25) is 0 Å². The van der Waals surface area contributed by atoms with Gasteiger partial charge in [0.15, 0.2) is 0 Å². The first kappa shape index (κ1) is 12.9. The molecule has 1 amide bonds. The number of hydrogen-bond acceptors (Lipinski definition) is 3. The minimum absolute atomic E-state index is 0.0136. The molecule has 0 spiro atoms. The van der Waals surface area contributed by atoms with E-state index >= 15 is 0 Å². The fourth-order valence-corrected chi connectivity index (χ4v) is 2.73. The van der Waals surface area contributed by atoms with Crippen molar-refractivity contribution in [1.29, 1.82) is 0 Å². The van der Waals surface area contributed by atoms with Gasteiger partial charge in [-0.3, -0.25) is 9.20 Å². The van der Waals surface area contributed by atoms with E-state index in [9.17, 15) is 9.59 Å². The van der Waals surface area contributed by atoms with Gasteiger partial charge in [0.2, 0.25) is 5.91 Å². The Labute approximate surface area is 116 Å². The fourth-order valence-electron chi connectivity index (χ4n) is 2.73. The van der Waals surface area contributed by atoms with Gasteiger partial charge in [-0.1, -0.05) is 6.92 Å². The molecular formula is C14H18N4O2. The minimum atomic E-state index is -0.272. The van der Waals surface area contributed by atoms with Crippen molar-refractivity contribution in [2.24, 2.45) is 5.92 Å². The minimum Gasteiger partial charge on any atom is -0.341 e. The van der Waals surface area contributed by atoms with Crippen molar-refractivity contribution in [2.45, 2.75) is 26.3 Å². The Morgan fingerprint density at radius 2 is 2.35 bits per heavy atom. The van der Waals surface area contributed by atoms with Crippen molar-refractivity contribution < 1.29 is 4.79 Å². The molecule has 0 bridgehead atoms. The number of nitrogens with zero attached hydrogens (tertiary/aromatic N) is 4. The summed E-state index contributed by atoms with van der Waals surface area (Å²) in [4.78, 5) is 26.3. The third kappa shape index (κ3) is 2.33. The molecule has 1 unspecified atom stereocenters. The van der Waals surface area contributed by atoms with Crippen LogP contribution >= 0.6 is 0 Å². The van der Waals surface area contributed by atoms with E-state index in [0.29, 0.717) is 5.92 Å². The lowest BCUT2D eigenvalue weighted by molar-refractivity contribution is -0.133. The number of amides is 1. The number of likely N-dealkylation sites (tertiary alicyclic amines) is 1. The van der Waals surface area contributed by atoms with Gasteiger partial charge in [0.1, 0.15) is 6.54 Å². The van der Waals surface area contributed by atoms with Gasteiger partial charge < -0.3 is 4.90 Å². The van der Waals surface area contributed by atoms with Crippen LogP contribution in [0.25, 0.3) is 5.52 Å². The molecule has 1 saturated heterocycles. The van der Waals surface area contributed by atoms with Crippen molar-refractivity contribution in [1.82, 2.24) is 19.1 Å². The second-order valence-corrected chi connectivity index (χ2v) is 5.48. The Hall–Kier alpha value is -2.11. The Morgan fingerprint density at radius 1 is 1.50 bits per heavy atom. The highest BCUT2D eigenvalue weighted by molar-refractivity contribution is 5.76. The molecule has 3 heterocycles. The van der Waals surface area contributed by atoms with Crippen LogP contribution in [0.3, 0.4) is 0 Å². The third-order valence-electron chi connectivity index (χ3n) is 3.83. The summed E-state index contributed by atoms with van der Waals surface area (Å²) in [5.41, 5.74) is 0.469. The van der Waals surface area contributed by atoms with Gasteiger partial charge in [-0.2, -0.15) is 5.10 Å². The molecule has 0 N–H and O–H groups in total. The standard InChI is InChI=1S/C14H18N4O2/c1-11-4-2-6-16(9-11)13(19)10-18-14(20)17-7-3-5-12(17)8-15-18/h3,5,7-8,11H,2,4,6,9-10H2,1H3. The Bertz CT molecular complexity index is 688. The molecule has 1 aliphatic heterocycles. The molecule has 1 fully saturated rings. The molecular weight excluding hydrogens is 256 g/mol. The van der Waals surface area contributed by atoms with Gasteiger partial charge in [0.05, 0.1) is 11.7 Å². The van der Waals surface area contributed by atoms with Gasteiger partial charge in [-0.15, -0.1) is 0 Å². The predicted molar refractivity (Wildman–Crippen MR) is 74.4 cm³/mol. The highest BCUT2D eigenvalue weighted by Crippen LogP contribution is 2.15. The van der Waals surface area contributed by atoms with Crippen molar-refractivity contribution in [3.63, 3.8) is 0 Å². The lowest BCUT2D eigenvalue weighted by Gasteiger charge is -2.30. The summed E-state index contributed by atoms with van der Waals surface area (Å²) in [6.07, 6.45) is 5.49. The van der Waals surface area contributed by atoms with E-state index in [0.717, 1.165) is 31.4 Å². The normalized spacial score (nSPS) is 19.4. The van der Waals surface area contributed by atoms with Crippen LogP contribution in [0.5, 0.6) is 0 Å². The van der Waals surface area contributed by atoms with E-state index in [1.807, 2.05) is 11.0 Å². The smallest absolute Gasteiger partial charge is 0.341 e. The highest BCUT2D eigenvalue weighted by Gasteiger charge is 2.21. The lowest BCUT2D eigenvalue weighted by atomic mass is 10.0. The SMILES string of the molecule is CC1CCCN(C(=O)Cn2ncc3cccn3c2=O)C1. The average Bonchev–Trinajstić information content (AvgIpc) is 2.91. The van der Waals surface area contributed by atoms with Gasteiger partial charge in [0, 0.05) is 19.3 Å². The first-order chi connectivity index (χ1) is 9.65. The zero-order valence-corrected chi connectivity index (χ0v) is 11.5. The summed E-state index contributed by atoms with van der Waals surface area (Å²) in [7, 11) is 0. The van der Waals surface area contributed by atoms with E-state index in [1.165, 1.54) is 9.08 Å². The van der Waals surface area contributed by atoms with E-state index in [2.05, 4.69) is 12.0 Å². The van der Waals surface area contributed by atoms with Crippen LogP contribution in [-0.4, -0.2) is 38.1 Å². The molecule has 3 rings (SSSR count). The second-order valence-electron chi connectivity index (χ2n) is 5.48. The van der Waals surface area contributed by atoms with Crippen LogP contribution in [0.4, 0.5) is 0 Å². The highest BCUT2D eigenvalue weighted by atomic mass is 16.2. The Balaban J connectivity index is 1.80. The number of carbonyl (C=O) groups is 1. The summed E-state index contributed by atoms with van der Waals surface area (Å²) >= 11 is 0. The molecule has 0 aliphatic carbocycles. The maximum atomic E-state index is 12.3. The van der Waals surface area contributed by atoms with Crippen molar-refractivity contribution >= 4 is 11.4 Å². The van der Waals surface area contributed by atoms with Gasteiger partial charge in [-0.25, -0.2) is 9.48 Å². The van der Waals surface area contributed by atoms with Crippen LogP contribution < -0.4 is 5.69 Å². The van der Waals surface area contributed by atoms with E-state index in [1.54, 1.807) is 18.5 Å². The average molecular weight is 274 g/mol. The Morgan fingerprint density at radius 3 is 3.15 bits per heavy atom. The zero-order chi connectivity index (χ0) is 14.1. The Kier molecular flexibility index (Phi) is 3.30. The van der Waals surface area contributed by atoms with E-state index in [4.69, 9.17) is 0 Å². The van der Waals surface area contributed by atoms with Gasteiger partial charge in [0.25, 0.3) is 0 Å². The van der Waals surface area contributed by atoms with Crippen molar-refractivity contribution in [3.8, 4) is 0 Å². The lowest BCUT2D eigenvalue weighted by Crippen LogP contribution is -2.43.